The smallest absolute Gasteiger partial charge is 0.319 e. The molecule has 1 unspecified atom stereocenters. The van der Waals surface area contributed by atoms with E-state index in [9.17, 15) is 9.59 Å². The molecule has 6 nitrogen and oxygen atoms in total. The summed E-state index contributed by atoms with van der Waals surface area (Å²) in [5.41, 5.74) is 4.25. The van der Waals surface area contributed by atoms with E-state index >= 15 is 0 Å². The third-order valence-electron chi connectivity index (χ3n) is 5.59. The van der Waals surface area contributed by atoms with Gasteiger partial charge < -0.3 is 20.4 Å². The van der Waals surface area contributed by atoms with Gasteiger partial charge in [0.05, 0.1) is 0 Å². The normalized spacial score (nSPS) is 18.1. The zero-order valence-electron chi connectivity index (χ0n) is 16.1. The molecule has 4 rings (SSSR count). The number of carbonyl (C=O) groups excluding carboxylic acids is 2. The van der Waals surface area contributed by atoms with Gasteiger partial charge in [-0.05, 0) is 47.7 Å². The van der Waals surface area contributed by atoms with Crippen LogP contribution in [0.4, 0.5) is 16.2 Å². The number of rotatable bonds is 4. The molecule has 2 N–H and O–H groups in total. The molecule has 0 spiro atoms. The minimum absolute atomic E-state index is 0.0737. The van der Waals surface area contributed by atoms with Crippen molar-refractivity contribution in [2.24, 2.45) is 5.92 Å². The zero-order chi connectivity index (χ0) is 19.5. The average molecular weight is 378 g/mol. The summed E-state index contributed by atoms with van der Waals surface area (Å²) < 4.78 is 0. The Labute approximate surface area is 165 Å². The fourth-order valence-electron chi connectivity index (χ4n) is 3.98. The second-order valence-electron chi connectivity index (χ2n) is 7.63. The van der Waals surface area contributed by atoms with Crippen molar-refractivity contribution in [1.82, 2.24) is 10.2 Å². The Morgan fingerprint density at radius 3 is 2.64 bits per heavy atom. The van der Waals surface area contributed by atoms with Gasteiger partial charge >= 0.3 is 6.03 Å². The number of benzene rings is 2. The topological polar surface area (TPSA) is 64.7 Å². The first-order chi connectivity index (χ1) is 13.6. The lowest BCUT2D eigenvalue weighted by Crippen LogP contribution is -2.34. The van der Waals surface area contributed by atoms with Crippen LogP contribution < -0.4 is 15.5 Å². The van der Waals surface area contributed by atoms with Gasteiger partial charge in [0, 0.05) is 51.0 Å². The van der Waals surface area contributed by atoms with Crippen LogP contribution in [0.3, 0.4) is 0 Å². The number of nitrogens with zero attached hydrogens (tertiary/aromatic N) is 2. The number of fused-ring (bicyclic) bond motifs is 1. The molecule has 1 atom stereocenters. The zero-order valence-corrected chi connectivity index (χ0v) is 16.1. The fourth-order valence-corrected chi connectivity index (χ4v) is 3.98. The van der Waals surface area contributed by atoms with E-state index in [0.717, 1.165) is 36.3 Å². The van der Waals surface area contributed by atoms with Crippen LogP contribution in [0.5, 0.6) is 0 Å². The molecule has 2 aromatic rings. The highest BCUT2D eigenvalue weighted by Crippen LogP contribution is 2.26. The summed E-state index contributed by atoms with van der Waals surface area (Å²) >= 11 is 0. The second kappa shape index (κ2) is 7.92. The molecule has 0 radical (unpaired) electrons. The lowest BCUT2D eigenvalue weighted by atomic mass is 10.1. The number of hydrogen-bond donors (Lipinski definition) is 2. The summed E-state index contributed by atoms with van der Waals surface area (Å²) in [5, 5.41) is 5.91. The maximum atomic E-state index is 12.3. The van der Waals surface area contributed by atoms with Crippen molar-refractivity contribution in [3.63, 3.8) is 0 Å². The first-order valence-electron chi connectivity index (χ1n) is 9.80. The molecule has 1 fully saturated rings. The van der Waals surface area contributed by atoms with E-state index in [1.54, 1.807) is 11.8 Å². The number of carbonyl (C=O) groups is 2. The molecule has 0 aliphatic carbocycles. The molecule has 3 amide bonds. The van der Waals surface area contributed by atoms with Crippen LogP contribution in [0.15, 0.2) is 48.5 Å². The van der Waals surface area contributed by atoms with E-state index in [4.69, 9.17) is 0 Å². The highest BCUT2D eigenvalue weighted by atomic mass is 16.2. The SMILES string of the molecule is CC(=O)N1Cc2ccc(NC(=O)NCC3CCN(c4ccccc4)C3)cc2C1. The Morgan fingerprint density at radius 1 is 1.07 bits per heavy atom. The van der Waals surface area contributed by atoms with Crippen LogP contribution in [0.1, 0.15) is 24.5 Å². The predicted molar refractivity (Wildman–Crippen MR) is 110 cm³/mol. The minimum Gasteiger partial charge on any atom is -0.371 e. The largest absolute Gasteiger partial charge is 0.371 e. The van der Waals surface area contributed by atoms with Crippen molar-refractivity contribution >= 4 is 23.3 Å². The van der Waals surface area contributed by atoms with Crippen molar-refractivity contribution in [3.05, 3.63) is 59.7 Å². The Kier molecular flexibility index (Phi) is 5.19. The van der Waals surface area contributed by atoms with Crippen LogP contribution in [-0.4, -0.2) is 36.5 Å². The van der Waals surface area contributed by atoms with Crippen molar-refractivity contribution in [3.8, 4) is 0 Å². The maximum absolute atomic E-state index is 12.3. The molecule has 0 bridgehead atoms. The van der Waals surface area contributed by atoms with Crippen LogP contribution in [0, 0.1) is 5.92 Å². The summed E-state index contributed by atoms with van der Waals surface area (Å²) in [7, 11) is 0. The molecule has 0 saturated carbocycles. The maximum Gasteiger partial charge on any atom is 0.319 e. The predicted octanol–water partition coefficient (Wildman–Crippen LogP) is 3.20. The second-order valence-corrected chi connectivity index (χ2v) is 7.63. The molecular weight excluding hydrogens is 352 g/mol. The van der Waals surface area contributed by atoms with Gasteiger partial charge in [-0.2, -0.15) is 0 Å². The summed E-state index contributed by atoms with van der Waals surface area (Å²) in [6.07, 6.45) is 1.08. The van der Waals surface area contributed by atoms with E-state index in [-0.39, 0.29) is 11.9 Å². The van der Waals surface area contributed by atoms with E-state index in [1.165, 1.54) is 5.69 Å². The molecular formula is C22H26N4O2. The van der Waals surface area contributed by atoms with E-state index in [0.29, 0.717) is 25.6 Å². The molecule has 0 aromatic heterocycles. The Hall–Kier alpha value is -3.02. The third-order valence-corrected chi connectivity index (χ3v) is 5.59. The monoisotopic (exact) mass is 378 g/mol. The summed E-state index contributed by atoms with van der Waals surface area (Å²) in [6.45, 7) is 5.49. The van der Waals surface area contributed by atoms with E-state index in [1.807, 2.05) is 24.3 Å². The van der Waals surface area contributed by atoms with Crippen molar-refractivity contribution in [2.75, 3.05) is 29.9 Å². The first-order valence-corrected chi connectivity index (χ1v) is 9.80. The van der Waals surface area contributed by atoms with Crippen molar-refractivity contribution < 1.29 is 9.59 Å². The summed E-state index contributed by atoms with van der Waals surface area (Å²) in [5.74, 6) is 0.527. The molecule has 2 aromatic carbocycles. The number of urea groups is 1. The number of anilines is 2. The molecule has 6 heteroatoms. The third kappa shape index (κ3) is 4.11. The lowest BCUT2D eigenvalue weighted by molar-refractivity contribution is -0.129. The average Bonchev–Trinajstić information content (AvgIpc) is 3.34. The highest BCUT2D eigenvalue weighted by molar-refractivity contribution is 5.89. The van der Waals surface area contributed by atoms with Crippen LogP contribution in [0.2, 0.25) is 0 Å². The molecule has 2 heterocycles. The standard InChI is InChI=1S/C22H26N4O2/c1-16(27)26-14-18-7-8-20(11-19(18)15-26)24-22(28)23-12-17-9-10-25(13-17)21-5-3-2-4-6-21/h2-8,11,17H,9-10,12-15H2,1H3,(H2,23,24,28). The van der Waals surface area contributed by atoms with Gasteiger partial charge in [-0.1, -0.05) is 24.3 Å². The Morgan fingerprint density at radius 2 is 1.86 bits per heavy atom. The lowest BCUT2D eigenvalue weighted by Gasteiger charge is -2.18. The van der Waals surface area contributed by atoms with Gasteiger partial charge in [0.25, 0.3) is 0 Å². The molecule has 1 saturated heterocycles. The number of amides is 3. The summed E-state index contributed by atoms with van der Waals surface area (Å²) in [6, 6.07) is 16.1. The van der Waals surface area contributed by atoms with Crippen molar-refractivity contribution in [1.29, 1.82) is 0 Å². The number of hydrogen-bond acceptors (Lipinski definition) is 3. The Balaban J connectivity index is 1.26. The van der Waals surface area contributed by atoms with Gasteiger partial charge in [0.1, 0.15) is 0 Å². The van der Waals surface area contributed by atoms with Crippen LogP contribution in [0.25, 0.3) is 0 Å². The highest BCUT2D eigenvalue weighted by Gasteiger charge is 2.23. The molecule has 2 aliphatic heterocycles. The fraction of sp³-hybridized carbons (Fsp3) is 0.364. The van der Waals surface area contributed by atoms with E-state index in [2.05, 4.69) is 39.8 Å². The number of nitrogens with one attached hydrogen (secondary N) is 2. The van der Waals surface area contributed by atoms with Gasteiger partial charge in [0.15, 0.2) is 0 Å². The van der Waals surface area contributed by atoms with E-state index < -0.39 is 0 Å². The van der Waals surface area contributed by atoms with Crippen molar-refractivity contribution in [2.45, 2.75) is 26.4 Å². The molecule has 28 heavy (non-hydrogen) atoms. The quantitative estimate of drug-likeness (QED) is 0.859. The minimum atomic E-state index is -0.181. The molecule has 2 aliphatic rings. The summed E-state index contributed by atoms with van der Waals surface area (Å²) in [4.78, 5) is 28.0. The Bertz CT molecular complexity index is 868. The van der Waals surface area contributed by atoms with Crippen LogP contribution >= 0.6 is 0 Å². The first kappa shape index (κ1) is 18.3. The number of para-hydroxylation sites is 1. The van der Waals surface area contributed by atoms with Gasteiger partial charge in [0.2, 0.25) is 5.91 Å². The van der Waals surface area contributed by atoms with Gasteiger partial charge in [-0.3, -0.25) is 4.79 Å². The van der Waals surface area contributed by atoms with Crippen LogP contribution in [-0.2, 0) is 17.9 Å². The van der Waals surface area contributed by atoms with Gasteiger partial charge in [-0.15, -0.1) is 0 Å². The molecule has 146 valence electrons. The van der Waals surface area contributed by atoms with Gasteiger partial charge in [-0.25, -0.2) is 4.79 Å².